The molecular weight excluding hydrogens is 320 g/mol. The fourth-order valence-corrected chi connectivity index (χ4v) is 3.24. The van der Waals surface area contributed by atoms with Gasteiger partial charge >= 0.3 is 5.97 Å². The second-order valence-corrected chi connectivity index (χ2v) is 7.76. The Morgan fingerprint density at radius 3 is 2.04 bits per heavy atom. The van der Waals surface area contributed by atoms with Gasteiger partial charge in [0.1, 0.15) is 6.04 Å². The van der Waals surface area contributed by atoms with Gasteiger partial charge < -0.3 is 10.1 Å². The average molecular weight is 342 g/mol. The summed E-state index contributed by atoms with van der Waals surface area (Å²) >= 11 is 0. The zero-order valence-electron chi connectivity index (χ0n) is 13.8. The standard InChI is InChI=1S/C15H22N2O5S/c1-15(2,3)12(14(19)22-5)17-23(20,21)11-8-6-10(7-9-11)13(18)16-4/h6-9,12,17H,1-5H3,(H,16,18). The third kappa shape index (κ3) is 4.77. The lowest BCUT2D eigenvalue weighted by Gasteiger charge is -2.28. The number of hydrogen-bond donors (Lipinski definition) is 2. The van der Waals surface area contributed by atoms with Gasteiger partial charge in [0.05, 0.1) is 12.0 Å². The molecule has 0 saturated heterocycles. The Balaban J connectivity index is 3.10. The van der Waals surface area contributed by atoms with Crippen molar-refractivity contribution < 1.29 is 22.7 Å². The van der Waals surface area contributed by atoms with Crippen molar-refractivity contribution in [1.29, 1.82) is 0 Å². The first-order chi connectivity index (χ1) is 10.5. The second-order valence-electron chi connectivity index (χ2n) is 6.05. The van der Waals surface area contributed by atoms with Crippen LogP contribution in [0.1, 0.15) is 31.1 Å². The van der Waals surface area contributed by atoms with Crippen molar-refractivity contribution in [3.05, 3.63) is 29.8 Å². The van der Waals surface area contributed by atoms with Crippen molar-refractivity contribution in [3.63, 3.8) is 0 Å². The number of ether oxygens (including phenoxy) is 1. The molecule has 2 N–H and O–H groups in total. The van der Waals surface area contributed by atoms with Gasteiger partial charge in [0.2, 0.25) is 10.0 Å². The maximum absolute atomic E-state index is 12.4. The summed E-state index contributed by atoms with van der Waals surface area (Å²) in [6, 6.07) is 4.39. The normalized spacial score (nSPS) is 13.3. The summed E-state index contributed by atoms with van der Waals surface area (Å²) in [5.41, 5.74) is -0.325. The molecule has 0 bridgehead atoms. The fraction of sp³-hybridized carbons (Fsp3) is 0.467. The average Bonchev–Trinajstić information content (AvgIpc) is 2.50. The highest BCUT2D eigenvalue weighted by Gasteiger charge is 2.36. The summed E-state index contributed by atoms with van der Waals surface area (Å²) in [7, 11) is -1.24. The Hall–Kier alpha value is -1.93. The molecule has 8 heteroatoms. The lowest BCUT2D eigenvalue weighted by molar-refractivity contribution is -0.145. The van der Waals surface area contributed by atoms with Crippen molar-refractivity contribution in [3.8, 4) is 0 Å². The fourth-order valence-electron chi connectivity index (χ4n) is 1.85. The minimum absolute atomic E-state index is 0.0386. The van der Waals surface area contributed by atoms with Crippen LogP contribution in [0.15, 0.2) is 29.2 Å². The SMILES string of the molecule is CNC(=O)c1ccc(S(=O)(=O)NC(C(=O)OC)C(C)(C)C)cc1. The van der Waals surface area contributed by atoms with Gasteiger partial charge in [-0.25, -0.2) is 8.42 Å². The van der Waals surface area contributed by atoms with Crippen LogP contribution in [0, 0.1) is 5.41 Å². The third-order valence-corrected chi connectivity index (χ3v) is 4.67. The van der Waals surface area contributed by atoms with Crippen molar-refractivity contribution >= 4 is 21.9 Å². The van der Waals surface area contributed by atoms with Crippen LogP contribution < -0.4 is 10.0 Å². The molecule has 0 fully saturated rings. The summed E-state index contributed by atoms with van der Waals surface area (Å²) in [6.45, 7) is 5.18. The number of rotatable bonds is 5. The Labute approximate surface area is 136 Å². The molecule has 7 nitrogen and oxygen atoms in total. The number of esters is 1. The first-order valence-electron chi connectivity index (χ1n) is 6.95. The predicted molar refractivity (Wildman–Crippen MR) is 85.4 cm³/mol. The number of sulfonamides is 1. The third-order valence-electron chi connectivity index (χ3n) is 3.23. The van der Waals surface area contributed by atoms with Gasteiger partial charge in [0.15, 0.2) is 0 Å². The number of amides is 1. The van der Waals surface area contributed by atoms with Crippen LogP contribution in [0.2, 0.25) is 0 Å². The quantitative estimate of drug-likeness (QED) is 0.775. The van der Waals surface area contributed by atoms with Crippen molar-refractivity contribution in [1.82, 2.24) is 10.0 Å². The van der Waals surface area contributed by atoms with E-state index in [1.807, 2.05) is 0 Å². The van der Waals surface area contributed by atoms with E-state index in [9.17, 15) is 18.0 Å². The number of hydrogen-bond acceptors (Lipinski definition) is 5. The highest BCUT2D eigenvalue weighted by molar-refractivity contribution is 7.89. The molecule has 0 aliphatic heterocycles. The van der Waals surface area contributed by atoms with Gasteiger partial charge in [0, 0.05) is 12.6 Å². The molecule has 0 radical (unpaired) electrons. The van der Waals surface area contributed by atoms with Crippen LogP contribution in [0.3, 0.4) is 0 Å². The van der Waals surface area contributed by atoms with E-state index in [4.69, 9.17) is 0 Å². The molecule has 1 aromatic rings. The molecule has 1 amide bonds. The maximum atomic E-state index is 12.4. The Morgan fingerprint density at radius 2 is 1.65 bits per heavy atom. The molecule has 0 aromatic heterocycles. The predicted octanol–water partition coefficient (Wildman–Crippen LogP) is 0.912. The van der Waals surface area contributed by atoms with Crippen LogP contribution >= 0.6 is 0 Å². The molecule has 23 heavy (non-hydrogen) atoms. The van der Waals surface area contributed by atoms with Crippen LogP contribution in [0.5, 0.6) is 0 Å². The van der Waals surface area contributed by atoms with Crippen molar-refractivity contribution in [2.45, 2.75) is 31.7 Å². The zero-order valence-corrected chi connectivity index (χ0v) is 14.7. The molecular formula is C15H22N2O5S. The van der Waals surface area contributed by atoms with Gasteiger partial charge in [-0.15, -0.1) is 0 Å². The van der Waals surface area contributed by atoms with Gasteiger partial charge in [-0.05, 0) is 29.7 Å². The van der Waals surface area contributed by atoms with Crippen molar-refractivity contribution in [2.24, 2.45) is 5.41 Å². The lowest BCUT2D eigenvalue weighted by Crippen LogP contribution is -2.49. The summed E-state index contributed by atoms with van der Waals surface area (Å²) < 4.78 is 31.9. The van der Waals surface area contributed by atoms with E-state index in [-0.39, 0.29) is 10.8 Å². The molecule has 128 valence electrons. The molecule has 0 saturated carbocycles. The Morgan fingerprint density at radius 1 is 1.13 bits per heavy atom. The van der Waals surface area contributed by atoms with E-state index in [0.29, 0.717) is 5.56 Å². The van der Waals surface area contributed by atoms with E-state index in [2.05, 4.69) is 14.8 Å². The minimum atomic E-state index is -3.93. The molecule has 0 spiro atoms. The summed E-state index contributed by atoms with van der Waals surface area (Å²) in [5, 5.41) is 2.45. The number of carbonyl (C=O) groups is 2. The van der Waals surface area contributed by atoms with Crippen LogP contribution in [-0.2, 0) is 19.6 Å². The van der Waals surface area contributed by atoms with Crippen LogP contribution in [-0.4, -0.2) is 40.5 Å². The van der Waals surface area contributed by atoms with E-state index in [1.54, 1.807) is 20.8 Å². The topological polar surface area (TPSA) is 102 Å². The zero-order chi connectivity index (χ0) is 17.8. The largest absolute Gasteiger partial charge is 0.468 e. The van der Waals surface area contributed by atoms with Gasteiger partial charge in [-0.3, -0.25) is 9.59 Å². The lowest BCUT2D eigenvalue weighted by atomic mass is 9.87. The van der Waals surface area contributed by atoms with Crippen LogP contribution in [0.25, 0.3) is 0 Å². The second kappa shape index (κ2) is 7.10. The summed E-state index contributed by atoms with van der Waals surface area (Å²) in [4.78, 5) is 23.3. The molecule has 1 unspecified atom stereocenters. The van der Waals surface area contributed by atoms with Gasteiger partial charge in [0.25, 0.3) is 5.91 Å². The number of methoxy groups -OCH3 is 1. The van der Waals surface area contributed by atoms with E-state index >= 15 is 0 Å². The van der Waals surface area contributed by atoms with Crippen molar-refractivity contribution in [2.75, 3.05) is 14.2 Å². The van der Waals surface area contributed by atoms with E-state index < -0.39 is 27.4 Å². The van der Waals surface area contributed by atoms with Gasteiger partial charge in [-0.1, -0.05) is 20.8 Å². The Kier molecular flexibility index (Phi) is 5.90. The first-order valence-corrected chi connectivity index (χ1v) is 8.43. The molecule has 1 rings (SSSR count). The summed E-state index contributed by atoms with van der Waals surface area (Å²) in [5.74, 6) is -0.980. The van der Waals surface area contributed by atoms with Gasteiger partial charge in [-0.2, -0.15) is 4.72 Å². The highest BCUT2D eigenvalue weighted by atomic mass is 32.2. The number of benzene rings is 1. The highest BCUT2D eigenvalue weighted by Crippen LogP contribution is 2.22. The molecule has 0 heterocycles. The summed E-state index contributed by atoms with van der Waals surface area (Å²) in [6.07, 6.45) is 0. The van der Waals surface area contributed by atoms with Crippen LogP contribution in [0.4, 0.5) is 0 Å². The van der Waals surface area contributed by atoms with E-state index in [0.717, 1.165) is 0 Å². The van der Waals surface area contributed by atoms with E-state index in [1.165, 1.54) is 38.4 Å². The monoisotopic (exact) mass is 342 g/mol. The molecule has 0 aliphatic carbocycles. The maximum Gasteiger partial charge on any atom is 0.324 e. The number of carbonyl (C=O) groups excluding carboxylic acids is 2. The molecule has 0 aliphatic rings. The number of nitrogens with one attached hydrogen (secondary N) is 2. The molecule has 1 aromatic carbocycles. The smallest absolute Gasteiger partial charge is 0.324 e. The molecule has 1 atom stereocenters. The Bertz CT molecular complexity index is 675. The first kappa shape index (κ1) is 19.1. The minimum Gasteiger partial charge on any atom is -0.468 e.